The highest BCUT2D eigenvalue weighted by molar-refractivity contribution is 7.79. The smallest absolute Gasteiger partial charge is 0.411 e. The van der Waals surface area contributed by atoms with Crippen molar-refractivity contribution in [2.45, 2.75) is 38.1 Å². The van der Waals surface area contributed by atoms with Crippen LogP contribution in [0.25, 0.3) is 0 Å². The van der Waals surface area contributed by atoms with E-state index in [-0.39, 0.29) is 5.69 Å². The lowest BCUT2D eigenvalue weighted by atomic mass is 9.78. The summed E-state index contributed by atoms with van der Waals surface area (Å²) in [5.74, 6) is 0.172. The number of hydrogen-bond acceptors (Lipinski definition) is 4. The third kappa shape index (κ3) is 6.53. The number of thiol groups is 1. The fourth-order valence-corrected chi connectivity index (χ4v) is 3.01. The Morgan fingerprint density at radius 1 is 1.46 bits per heavy atom. The molecule has 1 aromatic rings. The molecular formula is C22H31FN2O2S. The Morgan fingerprint density at radius 2 is 2.14 bits per heavy atom. The van der Waals surface area contributed by atoms with E-state index in [9.17, 15) is 9.18 Å². The topological polar surface area (TPSA) is 64.3 Å². The highest BCUT2D eigenvalue weighted by Crippen LogP contribution is 2.41. The molecule has 6 heteroatoms. The monoisotopic (exact) mass is 406 g/mol. The number of methoxy groups -OCH3 is 1. The van der Waals surface area contributed by atoms with Crippen LogP contribution in [0.1, 0.15) is 38.2 Å². The summed E-state index contributed by atoms with van der Waals surface area (Å²) in [4.78, 5) is 11.5. The Hall–Kier alpha value is -2.05. The number of amides is 1. The number of halogens is 1. The van der Waals surface area contributed by atoms with Crippen LogP contribution in [0.3, 0.4) is 0 Å². The Kier molecular flexibility index (Phi) is 10.0. The first kappa shape index (κ1) is 24.0. The van der Waals surface area contributed by atoms with E-state index in [0.717, 1.165) is 24.0 Å². The van der Waals surface area contributed by atoms with Crippen LogP contribution in [-0.4, -0.2) is 19.5 Å². The number of hydrogen-bond donors (Lipinski definition) is 3. The third-order valence-corrected chi connectivity index (χ3v) is 4.71. The Balaban J connectivity index is 0.00000190. The van der Waals surface area contributed by atoms with E-state index >= 15 is 0 Å². The second kappa shape index (κ2) is 11.7. The zero-order valence-corrected chi connectivity index (χ0v) is 17.8. The van der Waals surface area contributed by atoms with E-state index < -0.39 is 17.4 Å². The maximum Gasteiger partial charge on any atom is 0.411 e. The molecule has 0 saturated heterocycles. The van der Waals surface area contributed by atoms with Crippen LogP contribution in [0, 0.1) is 11.7 Å². The zero-order chi connectivity index (χ0) is 21.2. The van der Waals surface area contributed by atoms with Gasteiger partial charge in [-0.15, -0.1) is 0 Å². The molecule has 0 bridgehead atoms. The summed E-state index contributed by atoms with van der Waals surface area (Å²) in [6, 6.07) is 4.57. The molecule has 154 valence electrons. The van der Waals surface area contributed by atoms with E-state index in [1.54, 1.807) is 24.5 Å². The van der Waals surface area contributed by atoms with Gasteiger partial charge in [-0.2, -0.15) is 12.6 Å². The summed E-state index contributed by atoms with van der Waals surface area (Å²) < 4.78 is 18.7. The van der Waals surface area contributed by atoms with Gasteiger partial charge in [-0.3, -0.25) is 5.32 Å². The van der Waals surface area contributed by atoms with Crippen molar-refractivity contribution < 1.29 is 13.9 Å². The molecule has 1 unspecified atom stereocenters. The van der Waals surface area contributed by atoms with Gasteiger partial charge in [-0.25, -0.2) is 9.18 Å². The van der Waals surface area contributed by atoms with Crippen LogP contribution < -0.4 is 11.1 Å². The number of carbonyl (C=O) groups excluding carboxylic acids is 1. The maximum atomic E-state index is 14.1. The highest BCUT2D eigenvalue weighted by atomic mass is 32.1. The summed E-state index contributed by atoms with van der Waals surface area (Å²) >= 11 is 3.53. The molecular weight excluding hydrogens is 375 g/mol. The van der Waals surface area contributed by atoms with Gasteiger partial charge >= 0.3 is 6.09 Å². The number of benzene rings is 1. The first-order valence-electron chi connectivity index (χ1n) is 9.29. The highest BCUT2D eigenvalue weighted by Gasteiger charge is 2.34. The number of anilines is 1. The summed E-state index contributed by atoms with van der Waals surface area (Å²) in [6.07, 6.45) is 12.6. The lowest BCUT2D eigenvalue weighted by molar-refractivity contribution is 0.186. The summed E-state index contributed by atoms with van der Waals surface area (Å²) in [7, 11) is 1.23. The zero-order valence-electron chi connectivity index (χ0n) is 16.9. The van der Waals surface area contributed by atoms with Gasteiger partial charge in [-0.1, -0.05) is 49.8 Å². The van der Waals surface area contributed by atoms with Crippen LogP contribution in [-0.2, 0) is 10.3 Å². The minimum absolute atomic E-state index is 0.0500. The number of nitrogens with one attached hydrogen (secondary N) is 1. The Morgan fingerprint density at radius 3 is 2.68 bits per heavy atom. The van der Waals surface area contributed by atoms with Crippen LogP contribution in [0.4, 0.5) is 14.9 Å². The molecule has 1 aliphatic carbocycles. The number of carbonyl (C=O) groups is 1. The molecule has 3 N–H and O–H groups in total. The Bertz CT molecular complexity index is 729. The lowest BCUT2D eigenvalue weighted by Gasteiger charge is -2.32. The van der Waals surface area contributed by atoms with Gasteiger partial charge in [0.1, 0.15) is 5.82 Å². The second-order valence-electron chi connectivity index (χ2n) is 6.62. The average Bonchev–Trinajstić information content (AvgIpc) is 3.53. The predicted molar refractivity (Wildman–Crippen MR) is 118 cm³/mol. The fourth-order valence-electron chi connectivity index (χ4n) is 3.01. The molecule has 1 aromatic carbocycles. The van der Waals surface area contributed by atoms with E-state index in [4.69, 9.17) is 5.73 Å². The fraction of sp³-hybridized carbons (Fsp3) is 0.409. The quantitative estimate of drug-likeness (QED) is 0.390. The number of ether oxygens (including phenoxy) is 1. The van der Waals surface area contributed by atoms with Crippen LogP contribution in [0.2, 0.25) is 0 Å². The molecule has 0 heterocycles. The van der Waals surface area contributed by atoms with Crippen molar-refractivity contribution in [3.8, 4) is 0 Å². The third-order valence-electron chi connectivity index (χ3n) is 4.71. The van der Waals surface area contributed by atoms with Crippen molar-refractivity contribution in [3.05, 3.63) is 66.0 Å². The molecule has 1 atom stereocenters. The minimum Gasteiger partial charge on any atom is -0.453 e. The molecule has 1 aliphatic rings. The van der Waals surface area contributed by atoms with Gasteiger partial charge in [0.25, 0.3) is 0 Å². The number of nitrogens with two attached hydrogens (primary N) is 1. The van der Waals surface area contributed by atoms with Gasteiger partial charge in [-0.05, 0) is 55.2 Å². The standard InChI is InChI=1S/C21H27FN2O2.CH4S/c1-4-6-16(7-5-2)21(23,13-12-15-8-9-15)17-10-11-18(22)19(14-17)24-20(25)26-3;1-2/h4-7,10-11,14-15H,1,8-9,12-13,23H2,2-3H3,(H,24,25);2H,1H3/b7-5-,16-6+;. The van der Waals surface area contributed by atoms with Crippen molar-refractivity contribution in [1.29, 1.82) is 0 Å². The molecule has 0 spiro atoms. The number of rotatable bonds is 8. The van der Waals surface area contributed by atoms with Crippen molar-refractivity contribution in [2.24, 2.45) is 11.7 Å². The largest absolute Gasteiger partial charge is 0.453 e. The van der Waals surface area contributed by atoms with Gasteiger partial charge < -0.3 is 10.5 Å². The Labute approximate surface area is 173 Å². The summed E-state index contributed by atoms with van der Waals surface area (Å²) in [5, 5.41) is 2.40. The van der Waals surface area contributed by atoms with Crippen molar-refractivity contribution in [1.82, 2.24) is 0 Å². The van der Waals surface area contributed by atoms with E-state index in [1.807, 2.05) is 25.2 Å². The molecule has 0 aromatic heterocycles. The first-order chi connectivity index (χ1) is 13.4. The van der Waals surface area contributed by atoms with Crippen LogP contribution in [0.5, 0.6) is 0 Å². The van der Waals surface area contributed by atoms with Gasteiger partial charge in [0, 0.05) is 0 Å². The molecule has 2 rings (SSSR count). The van der Waals surface area contributed by atoms with E-state index in [0.29, 0.717) is 5.92 Å². The van der Waals surface area contributed by atoms with Crippen molar-refractivity contribution >= 4 is 24.4 Å². The molecule has 1 amide bonds. The lowest BCUT2D eigenvalue weighted by Crippen LogP contribution is -2.38. The van der Waals surface area contributed by atoms with Gasteiger partial charge in [0.05, 0.1) is 18.3 Å². The molecule has 0 radical (unpaired) electrons. The van der Waals surface area contributed by atoms with Crippen LogP contribution >= 0.6 is 12.6 Å². The first-order valence-corrected chi connectivity index (χ1v) is 10.2. The molecule has 1 fully saturated rings. The summed E-state index contributed by atoms with van der Waals surface area (Å²) in [5.41, 5.74) is 7.74. The normalized spacial score (nSPS) is 16.0. The van der Waals surface area contributed by atoms with Gasteiger partial charge in [0.2, 0.25) is 0 Å². The average molecular weight is 407 g/mol. The van der Waals surface area contributed by atoms with Crippen molar-refractivity contribution in [3.63, 3.8) is 0 Å². The summed E-state index contributed by atoms with van der Waals surface area (Å²) in [6.45, 7) is 5.70. The van der Waals surface area contributed by atoms with Gasteiger partial charge in [0.15, 0.2) is 0 Å². The predicted octanol–water partition coefficient (Wildman–Crippen LogP) is 5.58. The maximum absolute atomic E-state index is 14.1. The van der Waals surface area contributed by atoms with E-state index in [1.165, 1.54) is 26.0 Å². The molecule has 28 heavy (non-hydrogen) atoms. The van der Waals surface area contributed by atoms with Crippen LogP contribution in [0.15, 0.2) is 54.7 Å². The van der Waals surface area contributed by atoms with Crippen molar-refractivity contribution in [2.75, 3.05) is 18.7 Å². The SMILES string of the molecule is C=C/C=C(\C=C/C)C(N)(CCC1CC1)c1ccc(F)c(NC(=O)OC)c1.CS. The molecule has 0 aliphatic heterocycles. The molecule has 1 saturated carbocycles. The second-order valence-corrected chi connectivity index (χ2v) is 6.62. The number of allylic oxidation sites excluding steroid dienone is 3. The van der Waals surface area contributed by atoms with E-state index in [2.05, 4.69) is 29.3 Å². The minimum atomic E-state index is -0.802. The molecule has 4 nitrogen and oxygen atoms in total.